The molecule has 0 bridgehead atoms. The number of carbonyl (C=O) groups is 1. The molecule has 2 atom stereocenters. The molecule has 0 unspecified atom stereocenters. The van der Waals surface area contributed by atoms with E-state index in [1.165, 1.54) is 20.3 Å². The summed E-state index contributed by atoms with van der Waals surface area (Å²) in [7, 11) is 3.03. The number of ether oxygens (including phenoxy) is 3. The highest BCUT2D eigenvalue weighted by atomic mass is 35.5. The van der Waals surface area contributed by atoms with Crippen LogP contribution < -0.4 is 25.0 Å². The number of benzene rings is 1. The number of pyridine rings is 2. The summed E-state index contributed by atoms with van der Waals surface area (Å²) in [6.07, 6.45) is 2.97. The molecular formula is C27H29Cl2N5O5. The average Bonchev–Trinajstić information content (AvgIpc) is 3.33. The van der Waals surface area contributed by atoms with Crippen molar-refractivity contribution in [3.8, 4) is 22.8 Å². The minimum absolute atomic E-state index is 0.180. The molecule has 12 heteroatoms. The molecule has 10 nitrogen and oxygen atoms in total. The van der Waals surface area contributed by atoms with Crippen LogP contribution in [0.15, 0.2) is 37.1 Å². The third-order valence-electron chi connectivity index (χ3n) is 6.81. The van der Waals surface area contributed by atoms with Gasteiger partial charge in [-0.1, -0.05) is 29.8 Å². The summed E-state index contributed by atoms with van der Waals surface area (Å²) >= 11 is 13.4. The zero-order valence-electron chi connectivity index (χ0n) is 21.8. The first-order valence-electron chi connectivity index (χ1n) is 12.3. The Morgan fingerprint density at radius 1 is 1.18 bits per heavy atom. The highest BCUT2D eigenvalue weighted by molar-refractivity contribution is 6.41. The minimum atomic E-state index is -0.829. The molecule has 1 aromatic carbocycles. The van der Waals surface area contributed by atoms with Crippen molar-refractivity contribution in [1.29, 1.82) is 0 Å². The van der Waals surface area contributed by atoms with Gasteiger partial charge in [-0.3, -0.25) is 4.79 Å². The number of aromatic nitrogens is 2. The summed E-state index contributed by atoms with van der Waals surface area (Å²) in [6.45, 7) is 6.89. The number of methoxy groups -OCH3 is 2. The molecule has 1 amide bonds. The Morgan fingerprint density at radius 3 is 2.46 bits per heavy atom. The van der Waals surface area contributed by atoms with Crippen molar-refractivity contribution in [2.75, 3.05) is 50.7 Å². The second-order valence-corrected chi connectivity index (χ2v) is 10.6. The summed E-state index contributed by atoms with van der Waals surface area (Å²) in [5, 5.41) is 18.9. The van der Waals surface area contributed by atoms with Crippen LogP contribution in [0.2, 0.25) is 10.0 Å². The van der Waals surface area contributed by atoms with Crippen molar-refractivity contribution >= 4 is 51.5 Å². The van der Waals surface area contributed by atoms with E-state index in [9.17, 15) is 9.90 Å². The van der Waals surface area contributed by atoms with E-state index in [4.69, 9.17) is 42.4 Å². The second kappa shape index (κ2) is 10.7. The van der Waals surface area contributed by atoms with E-state index in [1.54, 1.807) is 19.2 Å². The first-order valence-corrected chi connectivity index (χ1v) is 13.1. The monoisotopic (exact) mass is 573 g/mol. The van der Waals surface area contributed by atoms with Gasteiger partial charge in [0.2, 0.25) is 5.91 Å². The van der Waals surface area contributed by atoms with E-state index in [2.05, 4.69) is 22.2 Å². The van der Waals surface area contributed by atoms with Gasteiger partial charge in [0, 0.05) is 41.7 Å². The summed E-state index contributed by atoms with van der Waals surface area (Å²) < 4.78 is 16.5. The Labute approximate surface area is 235 Å². The summed E-state index contributed by atoms with van der Waals surface area (Å²) in [5.74, 6) is 1.78. The molecule has 39 heavy (non-hydrogen) atoms. The fourth-order valence-electron chi connectivity index (χ4n) is 4.88. The summed E-state index contributed by atoms with van der Waals surface area (Å²) in [6, 6.07) is 4.96. The lowest BCUT2D eigenvalue weighted by atomic mass is 9.96. The third-order valence-corrected chi connectivity index (χ3v) is 7.56. The number of amides is 1. The number of anilines is 2. The Balaban J connectivity index is 1.58. The van der Waals surface area contributed by atoms with Gasteiger partial charge in [0.15, 0.2) is 0 Å². The predicted octanol–water partition coefficient (Wildman–Crippen LogP) is 3.67. The van der Waals surface area contributed by atoms with Crippen LogP contribution in [0.5, 0.6) is 11.5 Å². The van der Waals surface area contributed by atoms with Gasteiger partial charge >= 0.3 is 0 Å². The number of nitrogens with one attached hydrogen (secondary N) is 2. The first-order chi connectivity index (χ1) is 18.6. The molecule has 2 aromatic heterocycles. The standard InChI is InChI=1S/C27H29Cl2N5O5/c1-5-22(35)32-18-11-39-10-17(18)31-21-7-15-14(9-30-21)6-16(33-26(15)34-12-27(2,36)13-34)23-24(28)19(37-3)8-20(38-4)25(23)29/h5-9,17-18,36H,1,10-13H2,2-4H3,(H,30,31)(H,32,35)/t17-,18+/m1/s1. The highest BCUT2D eigenvalue weighted by Crippen LogP contribution is 2.47. The normalized spacial score (nSPS) is 19.9. The van der Waals surface area contributed by atoms with Gasteiger partial charge in [-0.05, 0) is 25.1 Å². The third kappa shape index (κ3) is 5.29. The topological polar surface area (TPSA) is 118 Å². The Kier molecular flexibility index (Phi) is 7.47. The van der Waals surface area contributed by atoms with Crippen LogP contribution in [-0.2, 0) is 9.53 Å². The van der Waals surface area contributed by atoms with Crippen molar-refractivity contribution in [3.05, 3.63) is 47.1 Å². The van der Waals surface area contributed by atoms with Gasteiger partial charge in [0.25, 0.3) is 0 Å². The number of rotatable bonds is 8. The molecule has 206 valence electrons. The van der Waals surface area contributed by atoms with Crippen molar-refractivity contribution in [3.63, 3.8) is 0 Å². The van der Waals surface area contributed by atoms with Crippen molar-refractivity contribution in [1.82, 2.24) is 15.3 Å². The van der Waals surface area contributed by atoms with Gasteiger partial charge in [-0.2, -0.15) is 0 Å². The summed E-state index contributed by atoms with van der Waals surface area (Å²) in [4.78, 5) is 23.4. The van der Waals surface area contributed by atoms with Gasteiger partial charge in [-0.15, -0.1) is 0 Å². The molecule has 3 aromatic rings. The van der Waals surface area contributed by atoms with E-state index >= 15 is 0 Å². The lowest BCUT2D eigenvalue weighted by molar-refractivity contribution is -0.117. The molecule has 0 aliphatic carbocycles. The maximum absolute atomic E-state index is 11.8. The van der Waals surface area contributed by atoms with Gasteiger partial charge in [0.1, 0.15) is 23.1 Å². The van der Waals surface area contributed by atoms with Crippen LogP contribution in [0, 0.1) is 0 Å². The first kappa shape index (κ1) is 27.3. The molecular weight excluding hydrogens is 545 g/mol. The molecule has 2 saturated heterocycles. The van der Waals surface area contributed by atoms with E-state index < -0.39 is 5.60 Å². The Hall–Kier alpha value is -3.31. The molecule has 4 heterocycles. The van der Waals surface area contributed by atoms with E-state index in [1.807, 2.05) is 17.0 Å². The van der Waals surface area contributed by atoms with Gasteiger partial charge in [0.05, 0.1) is 60.9 Å². The molecule has 0 radical (unpaired) electrons. The molecule has 0 saturated carbocycles. The number of β-amino-alcohol motifs (C(OH)–C–C–N with tert-alkyl or cyclic N) is 1. The molecule has 0 spiro atoms. The number of hydrogen-bond donors (Lipinski definition) is 3. The lowest BCUT2D eigenvalue weighted by Crippen LogP contribution is -2.60. The number of aliphatic hydroxyl groups is 1. The number of carbonyl (C=O) groups excluding carboxylic acids is 1. The molecule has 2 fully saturated rings. The van der Waals surface area contributed by atoms with Crippen LogP contribution >= 0.6 is 23.2 Å². The number of halogens is 2. The second-order valence-electron chi connectivity index (χ2n) is 9.87. The smallest absolute Gasteiger partial charge is 0.243 e. The number of hydrogen-bond acceptors (Lipinski definition) is 9. The van der Waals surface area contributed by atoms with Crippen molar-refractivity contribution in [2.24, 2.45) is 0 Å². The zero-order chi connectivity index (χ0) is 27.9. The molecule has 2 aliphatic heterocycles. The maximum Gasteiger partial charge on any atom is 0.243 e. The van der Waals surface area contributed by atoms with Crippen LogP contribution in [0.3, 0.4) is 0 Å². The molecule has 5 rings (SSSR count). The van der Waals surface area contributed by atoms with Gasteiger partial charge in [-0.25, -0.2) is 9.97 Å². The molecule has 2 aliphatic rings. The number of fused-ring (bicyclic) bond motifs is 1. The van der Waals surface area contributed by atoms with E-state index in [-0.39, 0.29) is 18.0 Å². The SMILES string of the molecule is C=CC(=O)N[C@H]1COC[C@H]1Nc1cc2c(N3CC(C)(O)C3)nc(-c3c(Cl)c(OC)cc(OC)c3Cl)cc2cn1. The van der Waals surface area contributed by atoms with Crippen molar-refractivity contribution < 1.29 is 24.1 Å². The maximum atomic E-state index is 11.8. The minimum Gasteiger partial charge on any atom is -0.495 e. The quantitative estimate of drug-likeness (QED) is 0.347. The lowest BCUT2D eigenvalue weighted by Gasteiger charge is -2.45. The molecule has 3 N–H and O–H groups in total. The summed E-state index contributed by atoms with van der Waals surface area (Å²) in [5.41, 5.74) is 0.149. The predicted molar refractivity (Wildman–Crippen MR) is 151 cm³/mol. The highest BCUT2D eigenvalue weighted by Gasteiger charge is 2.38. The van der Waals surface area contributed by atoms with Crippen LogP contribution in [-0.4, -0.2) is 79.2 Å². The fourth-order valence-corrected chi connectivity index (χ4v) is 5.58. The van der Waals surface area contributed by atoms with E-state index in [0.717, 1.165) is 10.8 Å². The van der Waals surface area contributed by atoms with E-state index in [0.29, 0.717) is 70.7 Å². The van der Waals surface area contributed by atoms with Crippen LogP contribution in [0.4, 0.5) is 11.6 Å². The average molecular weight is 574 g/mol. The Bertz CT molecular complexity index is 1410. The Morgan fingerprint density at radius 2 is 1.85 bits per heavy atom. The number of nitrogens with zero attached hydrogens (tertiary/aromatic N) is 3. The largest absolute Gasteiger partial charge is 0.495 e. The van der Waals surface area contributed by atoms with Crippen LogP contribution in [0.25, 0.3) is 22.0 Å². The van der Waals surface area contributed by atoms with Crippen molar-refractivity contribution in [2.45, 2.75) is 24.6 Å². The van der Waals surface area contributed by atoms with Gasteiger partial charge < -0.3 is 34.9 Å². The fraction of sp³-hybridized carbons (Fsp3) is 0.370. The zero-order valence-corrected chi connectivity index (χ0v) is 23.3. The van der Waals surface area contributed by atoms with Crippen LogP contribution in [0.1, 0.15) is 6.92 Å².